The summed E-state index contributed by atoms with van der Waals surface area (Å²) in [5, 5.41) is -0.304. The van der Waals surface area contributed by atoms with Crippen LogP contribution in [0, 0.1) is 0 Å². The van der Waals surface area contributed by atoms with Gasteiger partial charge in [-0.3, -0.25) is 14.5 Å². The van der Waals surface area contributed by atoms with E-state index >= 15 is 0 Å². The van der Waals surface area contributed by atoms with Crippen LogP contribution >= 0.6 is 11.3 Å². The van der Waals surface area contributed by atoms with Crippen LogP contribution in [0.15, 0.2) is 36.4 Å². The molecule has 212 valence electrons. The average Bonchev–Trinajstić information content (AvgIpc) is 3.31. The number of halogens is 3. The lowest BCUT2D eigenvalue weighted by Crippen LogP contribution is -2.43. The molecule has 0 aliphatic carbocycles. The molecule has 1 aliphatic rings. The van der Waals surface area contributed by atoms with E-state index in [1.807, 2.05) is 0 Å². The maximum absolute atomic E-state index is 13.8. The Kier molecular flexibility index (Phi) is 7.16. The predicted molar refractivity (Wildman–Crippen MR) is 140 cm³/mol. The zero-order chi connectivity index (χ0) is 29.8. The molecule has 0 saturated heterocycles. The van der Waals surface area contributed by atoms with Gasteiger partial charge in [0.2, 0.25) is 5.13 Å². The van der Waals surface area contributed by atoms with Crippen molar-refractivity contribution in [1.82, 2.24) is 9.88 Å². The van der Waals surface area contributed by atoms with E-state index in [-0.39, 0.29) is 32.0 Å². The van der Waals surface area contributed by atoms with Crippen LogP contribution in [0.25, 0.3) is 10.2 Å². The van der Waals surface area contributed by atoms with E-state index < -0.39 is 53.5 Å². The van der Waals surface area contributed by atoms with Crippen LogP contribution in [0.4, 0.5) is 27.9 Å². The molecule has 3 aromatic rings. The molecule has 0 N–H and O–H groups in total. The number of nitrogens with zero attached hydrogens (tertiary/aromatic N) is 3. The first-order valence-corrected chi connectivity index (χ1v) is 12.9. The number of anilines is 1. The Morgan fingerprint density at radius 1 is 0.900 bits per heavy atom. The Balaban J connectivity index is 1.83. The summed E-state index contributed by atoms with van der Waals surface area (Å²) < 4.78 is 52.2. The monoisotopic (exact) mass is 577 g/mol. The van der Waals surface area contributed by atoms with E-state index in [9.17, 15) is 32.3 Å². The summed E-state index contributed by atoms with van der Waals surface area (Å²) in [5.41, 5.74) is -2.95. The van der Waals surface area contributed by atoms with E-state index in [1.165, 1.54) is 12.1 Å². The quantitative estimate of drug-likeness (QED) is 0.316. The molecule has 40 heavy (non-hydrogen) atoms. The summed E-state index contributed by atoms with van der Waals surface area (Å²) in [6.45, 7) is 8.94. The first-order chi connectivity index (χ1) is 18.4. The second kappa shape index (κ2) is 9.88. The highest BCUT2D eigenvalue weighted by Gasteiger charge is 2.39. The third-order valence-corrected chi connectivity index (χ3v) is 6.43. The van der Waals surface area contributed by atoms with Crippen LogP contribution in [-0.4, -0.2) is 45.1 Å². The number of thiazole rings is 1. The van der Waals surface area contributed by atoms with Gasteiger partial charge >= 0.3 is 18.4 Å². The standard InChI is InChI=1S/C27H26F3N3O6S/c1-25(2,3)38-23(36)33(24(37)39-26(4,5)6)22-31-19-14(11-15(27(28,29)30)12-18(19)40-22)13-32-20(34)16-9-7-8-10-17(16)21(32)35/h7-12H,13H2,1-6H3. The number of imide groups is 2. The number of hydrogen-bond acceptors (Lipinski definition) is 8. The number of ether oxygens (including phenoxy) is 2. The molecule has 2 aromatic carbocycles. The number of amides is 4. The highest BCUT2D eigenvalue weighted by molar-refractivity contribution is 7.22. The first-order valence-electron chi connectivity index (χ1n) is 12.1. The van der Waals surface area contributed by atoms with Crippen molar-refractivity contribution >= 4 is 50.7 Å². The third kappa shape index (κ3) is 5.93. The summed E-state index contributed by atoms with van der Waals surface area (Å²) in [5.74, 6) is -1.32. The van der Waals surface area contributed by atoms with Crippen LogP contribution in [0.2, 0.25) is 0 Å². The molecule has 4 rings (SSSR count). The molecular weight excluding hydrogens is 551 g/mol. The van der Waals surface area contributed by atoms with Crippen LogP contribution in [-0.2, 0) is 22.2 Å². The van der Waals surface area contributed by atoms with Gasteiger partial charge in [-0.2, -0.15) is 18.1 Å². The van der Waals surface area contributed by atoms with Gasteiger partial charge in [-0.15, -0.1) is 0 Å². The lowest BCUT2D eigenvalue weighted by Gasteiger charge is -2.27. The number of alkyl halides is 3. The van der Waals surface area contributed by atoms with Gasteiger partial charge in [-0.25, -0.2) is 14.6 Å². The summed E-state index contributed by atoms with van der Waals surface area (Å²) in [4.78, 5) is 57.6. The number of benzene rings is 2. The number of carbonyl (C=O) groups excluding carboxylic acids is 4. The lowest BCUT2D eigenvalue weighted by molar-refractivity contribution is -0.137. The fraction of sp³-hybridized carbons (Fsp3) is 0.370. The summed E-state index contributed by atoms with van der Waals surface area (Å²) in [7, 11) is 0. The Hall–Kier alpha value is -4.00. The maximum Gasteiger partial charge on any atom is 0.426 e. The van der Waals surface area contributed by atoms with Crippen molar-refractivity contribution in [2.24, 2.45) is 0 Å². The van der Waals surface area contributed by atoms with Gasteiger partial charge in [-0.1, -0.05) is 23.5 Å². The fourth-order valence-electron chi connectivity index (χ4n) is 3.87. The van der Waals surface area contributed by atoms with E-state index in [2.05, 4.69) is 4.98 Å². The summed E-state index contributed by atoms with van der Waals surface area (Å²) in [6, 6.07) is 7.68. The Morgan fingerprint density at radius 3 is 1.85 bits per heavy atom. The molecule has 0 bridgehead atoms. The molecular formula is C27H26F3N3O6S. The topological polar surface area (TPSA) is 106 Å². The minimum absolute atomic E-state index is 0.0262. The minimum Gasteiger partial charge on any atom is -0.443 e. The number of hydrogen-bond donors (Lipinski definition) is 0. The van der Waals surface area contributed by atoms with Crippen molar-refractivity contribution in [3.63, 3.8) is 0 Å². The van der Waals surface area contributed by atoms with Gasteiger partial charge in [0.25, 0.3) is 11.8 Å². The lowest BCUT2D eigenvalue weighted by atomic mass is 10.1. The van der Waals surface area contributed by atoms with Crippen LogP contribution in [0.5, 0.6) is 0 Å². The minimum atomic E-state index is -4.77. The number of rotatable bonds is 3. The number of carbonyl (C=O) groups is 4. The second-order valence-electron chi connectivity index (χ2n) is 11.0. The van der Waals surface area contributed by atoms with Gasteiger partial charge < -0.3 is 9.47 Å². The van der Waals surface area contributed by atoms with Crippen molar-refractivity contribution in [2.45, 2.75) is 65.5 Å². The zero-order valence-corrected chi connectivity index (χ0v) is 23.3. The summed E-state index contributed by atoms with van der Waals surface area (Å²) in [6.07, 6.45) is -7.05. The van der Waals surface area contributed by atoms with Crippen molar-refractivity contribution < 1.29 is 41.8 Å². The smallest absolute Gasteiger partial charge is 0.426 e. The summed E-state index contributed by atoms with van der Waals surface area (Å²) >= 11 is 0.630. The Morgan fingerprint density at radius 2 is 1.40 bits per heavy atom. The molecule has 13 heteroatoms. The molecule has 0 atom stereocenters. The van der Waals surface area contributed by atoms with Gasteiger partial charge in [-0.05, 0) is 71.4 Å². The molecule has 0 fully saturated rings. The molecule has 0 radical (unpaired) electrons. The molecule has 4 amide bonds. The largest absolute Gasteiger partial charge is 0.443 e. The highest BCUT2D eigenvalue weighted by Crippen LogP contribution is 2.39. The van der Waals surface area contributed by atoms with E-state index in [0.717, 1.165) is 17.0 Å². The van der Waals surface area contributed by atoms with Gasteiger partial charge in [0, 0.05) is 0 Å². The number of aromatic nitrogens is 1. The molecule has 2 heterocycles. The first kappa shape index (κ1) is 29.0. The SMILES string of the molecule is CC(C)(C)OC(=O)N(C(=O)OC(C)(C)C)c1nc2c(CN3C(=O)c4ccccc4C3=O)cc(C(F)(F)F)cc2s1. The zero-order valence-electron chi connectivity index (χ0n) is 22.5. The number of fused-ring (bicyclic) bond motifs is 2. The fourth-order valence-corrected chi connectivity index (χ4v) is 4.90. The molecule has 0 spiro atoms. The highest BCUT2D eigenvalue weighted by atomic mass is 32.1. The van der Waals surface area contributed by atoms with E-state index in [0.29, 0.717) is 16.2 Å². The third-order valence-electron chi connectivity index (χ3n) is 5.44. The van der Waals surface area contributed by atoms with Crippen LogP contribution in [0.3, 0.4) is 0 Å². The van der Waals surface area contributed by atoms with Crippen molar-refractivity contribution in [2.75, 3.05) is 4.90 Å². The molecule has 0 unspecified atom stereocenters. The van der Waals surface area contributed by atoms with E-state index in [1.54, 1.807) is 53.7 Å². The van der Waals surface area contributed by atoms with Crippen LogP contribution in [0.1, 0.15) is 73.4 Å². The molecule has 9 nitrogen and oxygen atoms in total. The molecule has 1 aliphatic heterocycles. The van der Waals surface area contributed by atoms with Gasteiger partial charge in [0.05, 0.1) is 33.5 Å². The van der Waals surface area contributed by atoms with Crippen LogP contribution < -0.4 is 4.90 Å². The Bertz CT molecular complexity index is 1470. The van der Waals surface area contributed by atoms with Crippen molar-refractivity contribution in [3.8, 4) is 0 Å². The van der Waals surface area contributed by atoms with Gasteiger partial charge in [0.1, 0.15) is 11.2 Å². The normalized spacial score (nSPS) is 14.0. The predicted octanol–water partition coefficient (Wildman–Crippen LogP) is 6.79. The second-order valence-corrected chi connectivity index (χ2v) is 12.0. The Labute approximate surface area is 231 Å². The van der Waals surface area contributed by atoms with Gasteiger partial charge in [0.15, 0.2) is 0 Å². The average molecular weight is 578 g/mol. The maximum atomic E-state index is 13.8. The molecule has 0 saturated carbocycles. The van der Waals surface area contributed by atoms with Crippen molar-refractivity contribution in [3.05, 3.63) is 58.7 Å². The van der Waals surface area contributed by atoms with E-state index in [4.69, 9.17) is 9.47 Å². The van der Waals surface area contributed by atoms with Crippen molar-refractivity contribution in [1.29, 1.82) is 0 Å². The molecule has 1 aromatic heterocycles.